The summed E-state index contributed by atoms with van der Waals surface area (Å²) in [7, 11) is 0. The Balaban J connectivity index is 1.99. The number of amides is 3. The van der Waals surface area contributed by atoms with E-state index in [4.69, 9.17) is 4.74 Å². The highest BCUT2D eigenvalue weighted by atomic mass is 16.6. The second-order valence-corrected chi connectivity index (χ2v) is 4.83. The van der Waals surface area contributed by atoms with Crippen LogP contribution in [0.25, 0.3) is 0 Å². The number of hydrogen-bond donors (Lipinski definition) is 3. The molecule has 3 fully saturated rings. The first-order valence-electron chi connectivity index (χ1n) is 5.65. The van der Waals surface area contributed by atoms with E-state index >= 15 is 0 Å². The van der Waals surface area contributed by atoms with E-state index in [1.54, 1.807) is 6.92 Å². The van der Waals surface area contributed by atoms with Crippen molar-refractivity contribution in [2.24, 2.45) is 5.92 Å². The van der Waals surface area contributed by atoms with E-state index in [2.05, 4.69) is 5.32 Å². The summed E-state index contributed by atoms with van der Waals surface area (Å²) >= 11 is 0. The molecule has 3 amide bonds. The maximum absolute atomic E-state index is 11.7. The molecule has 0 saturated carbocycles. The number of carbonyl (C=O) groups excluding carboxylic acids is 2. The van der Waals surface area contributed by atoms with Gasteiger partial charge in [-0.05, 0) is 0 Å². The predicted molar refractivity (Wildman–Crippen MR) is 53.6 cm³/mol. The van der Waals surface area contributed by atoms with Gasteiger partial charge in [-0.1, -0.05) is 6.92 Å². The second-order valence-electron chi connectivity index (χ2n) is 4.83. The zero-order valence-corrected chi connectivity index (χ0v) is 9.24. The van der Waals surface area contributed by atoms with Crippen LogP contribution in [0.1, 0.15) is 13.3 Å². The zero-order valence-electron chi connectivity index (χ0n) is 9.24. The minimum absolute atomic E-state index is 0.270. The summed E-state index contributed by atoms with van der Waals surface area (Å²) in [6.45, 7) is 1.65. The highest BCUT2D eigenvalue weighted by Crippen LogP contribution is 2.38. The standard InChI is InChI=1S/C10H14N2O5/c1-3-6-7(14)8-4(13)2-5(17-8)12(6)10(16)11-9(3)15/h3-8,13-14H,2H2,1H3,(H,11,15,16)/t3?,4-,5+,6-,7-,8-/m0/s1. The van der Waals surface area contributed by atoms with Crippen molar-refractivity contribution >= 4 is 11.9 Å². The van der Waals surface area contributed by atoms with Crippen molar-refractivity contribution in [1.82, 2.24) is 10.2 Å². The molecule has 7 nitrogen and oxygen atoms in total. The number of urea groups is 1. The molecule has 17 heavy (non-hydrogen) atoms. The topological polar surface area (TPSA) is 99.1 Å². The molecule has 7 heteroatoms. The number of nitrogens with one attached hydrogen (secondary N) is 1. The fourth-order valence-electron chi connectivity index (χ4n) is 2.95. The van der Waals surface area contributed by atoms with E-state index in [0.717, 1.165) is 0 Å². The molecule has 6 atom stereocenters. The largest absolute Gasteiger partial charge is 0.390 e. The summed E-state index contributed by atoms with van der Waals surface area (Å²) in [5, 5.41) is 22.1. The number of nitrogens with zero attached hydrogens (tertiary/aromatic N) is 1. The predicted octanol–water partition coefficient (Wildman–Crippen LogP) is -1.61. The van der Waals surface area contributed by atoms with Crippen molar-refractivity contribution in [3.8, 4) is 0 Å². The van der Waals surface area contributed by atoms with Crippen molar-refractivity contribution in [3.63, 3.8) is 0 Å². The number of ether oxygens (including phenoxy) is 1. The first-order chi connectivity index (χ1) is 8.00. The molecule has 0 radical (unpaired) electrons. The van der Waals surface area contributed by atoms with Crippen LogP contribution in [0.15, 0.2) is 0 Å². The van der Waals surface area contributed by atoms with E-state index in [9.17, 15) is 19.8 Å². The first-order valence-corrected chi connectivity index (χ1v) is 5.65. The Morgan fingerprint density at radius 3 is 2.82 bits per heavy atom. The molecular weight excluding hydrogens is 228 g/mol. The number of imide groups is 1. The Morgan fingerprint density at radius 1 is 1.41 bits per heavy atom. The molecule has 0 aromatic heterocycles. The van der Waals surface area contributed by atoms with Gasteiger partial charge >= 0.3 is 6.03 Å². The number of aliphatic hydroxyl groups excluding tert-OH is 2. The molecule has 0 spiro atoms. The van der Waals surface area contributed by atoms with Crippen LogP contribution >= 0.6 is 0 Å². The zero-order chi connectivity index (χ0) is 12.3. The quantitative estimate of drug-likeness (QED) is 0.475. The van der Waals surface area contributed by atoms with Crippen LogP contribution in [0, 0.1) is 5.92 Å². The van der Waals surface area contributed by atoms with Crippen molar-refractivity contribution < 1.29 is 24.5 Å². The molecule has 3 aliphatic rings. The molecule has 1 unspecified atom stereocenters. The van der Waals surface area contributed by atoms with Crippen LogP contribution < -0.4 is 5.32 Å². The molecule has 3 aliphatic heterocycles. The lowest BCUT2D eigenvalue weighted by Crippen LogP contribution is -2.69. The van der Waals surface area contributed by atoms with Crippen LogP contribution in [0.2, 0.25) is 0 Å². The fraction of sp³-hybridized carbons (Fsp3) is 0.800. The number of rotatable bonds is 0. The van der Waals surface area contributed by atoms with Gasteiger partial charge in [0.2, 0.25) is 5.91 Å². The summed E-state index contributed by atoms with van der Waals surface area (Å²) in [6, 6.07) is -1.17. The third-order valence-corrected chi connectivity index (χ3v) is 3.85. The van der Waals surface area contributed by atoms with Crippen LogP contribution in [-0.4, -0.2) is 57.6 Å². The SMILES string of the molecule is CC1C(=O)NC(=O)N2[C@H]3C[C@H](O)[C@H](O3)[C@@H](O)[C@H]12. The molecule has 3 heterocycles. The number of hydrogen-bond acceptors (Lipinski definition) is 5. The van der Waals surface area contributed by atoms with Gasteiger partial charge in [0, 0.05) is 6.42 Å². The van der Waals surface area contributed by atoms with Gasteiger partial charge < -0.3 is 14.9 Å². The molecule has 3 rings (SSSR count). The van der Waals surface area contributed by atoms with Crippen molar-refractivity contribution in [2.75, 3.05) is 0 Å². The Kier molecular flexibility index (Phi) is 2.19. The summed E-state index contributed by atoms with van der Waals surface area (Å²) in [5.74, 6) is -0.909. The Hall–Kier alpha value is -1.18. The summed E-state index contributed by atoms with van der Waals surface area (Å²) < 4.78 is 5.40. The number of carbonyl (C=O) groups is 2. The Bertz CT molecular complexity index is 387. The second kappa shape index (κ2) is 3.41. The highest BCUT2D eigenvalue weighted by Gasteiger charge is 2.57. The monoisotopic (exact) mass is 242 g/mol. The normalized spacial score (nSPS) is 49.0. The molecule has 3 saturated heterocycles. The lowest BCUT2D eigenvalue weighted by atomic mass is 9.89. The van der Waals surface area contributed by atoms with Crippen molar-refractivity contribution in [1.29, 1.82) is 0 Å². The smallest absolute Gasteiger partial charge is 0.326 e. The minimum atomic E-state index is -1.03. The minimum Gasteiger partial charge on any atom is -0.390 e. The average Bonchev–Trinajstić information content (AvgIpc) is 2.59. The average molecular weight is 242 g/mol. The third-order valence-electron chi connectivity index (χ3n) is 3.85. The van der Waals surface area contributed by atoms with Crippen molar-refractivity contribution in [2.45, 2.75) is 43.9 Å². The van der Waals surface area contributed by atoms with Crippen molar-refractivity contribution in [3.05, 3.63) is 0 Å². The Labute approximate surface area is 97.3 Å². The molecule has 3 N–H and O–H groups in total. The van der Waals surface area contributed by atoms with E-state index in [-0.39, 0.29) is 6.42 Å². The molecule has 0 aliphatic carbocycles. The van der Waals surface area contributed by atoms with Gasteiger partial charge in [0.05, 0.1) is 18.1 Å². The van der Waals surface area contributed by atoms with E-state index in [1.165, 1.54) is 4.90 Å². The maximum Gasteiger partial charge on any atom is 0.326 e. The summed E-state index contributed by atoms with van der Waals surface area (Å²) in [5.41, 5.74) is 0. The summed E-state index contributed by atoms with van der Waals surface area (Å²) in [6.07, 6.45) is -2.82. The van der Waals surface area contributed by atoms with Crippen LogP contribution in [0.4, 0.5) is 4.79 Å². The lowest BCUT2D eigenvalue weighted by Gasteiger charge is -2.47. The maximum atomic E-state index is 11.7. The number of fused-ring (bicyclic) bond motifs is 4. The van der Waals surface area contributed by atoms with Gasteiger partial charge in [-0.2, -0.15) is 0 Å². The van der Waals surface area contributed by atoms with E-state index in [0.29, 0.717) is 0 Å². The van der Waals surface area contributed by atoms with Gasteiger partial charge in [0.15, 0.2) is 0 Å². The molecule has 0 aromatic carbocycles. The van der Waals surface area contributed by atoms with Gasteiger partial charge in [-0.25, -0.2) is 4.79 Å². The van der Waals surface area contributed by atoms with Crippen LogP contribution in [-0.2, 0) is 9.53 Å². The van der Waals surface area contributed by atoms with Crippen LogP contribution in [0.5, 0.6) is 0 Å². The van der Waals surface area contributed by atoms with Gasteiger partial charge in [0.1, 0.15) is 18.4 Å². The third kappa shape index (κ3) is 1.33. The highest BCUT2D eigenvalue weighted by molar-refractivity contribution is 5.98. The van der Waals surface area contributed by atoms with Gasteiger partial charge in [0.25, 0.3) is 0 Å². The van der Waals surface area contributed by atoms with Gasteiger partial charge in [-0.3, -0.25) is 15.0 Å². The van der Waals surface area contributed by atoms with E-state index in [1.807, 2.05) is 0 Å². The lowest BCUT2D eigenvalue weighted by molar-refractivity contribution is -0.187. The molecule has 94 valence electrons. The summed E-state index contributed by atoms with van der Waals surface area (Å²) in [4.78, 5) is 24.6. The van der Waals surface area contributed by atoms with Crippen LogP contribution in [0.3, 0.4) is 0 Å². The molecule has 2 bridgehead atoms. The first kappa shape index (κ1) is 10.9. The Morgan fingerprint density at radius 2 is 2.12 bits per heavy atom. The number of aliphatic hydroxyl groups is 2. The molecule has 0 aromatic rings. The molecular formula is C10H14N2O5. The van der Waals surface area contributed by atoms with E-state index < -0.39 is 48.4 Å². The van der Waals surface area contributed by atoms with Gasteiger partial charge in [-0.15, -0.1) is 0 Å². The fourth-order valence-corrected chi connectivity index (χ4v) is 2.95.